The number of carboxylic acids is 1. The normalized spacial score (nSPS) is 30.9. The standard InChI is InChI=1S/C31H36FN3O6/c1-3-31(29(38)39)8-6-21(7-9-31)41-23-14-22(24(40-2)13-20(23)15-33)27(36)35-26-19-5-4-18(12-19)25(26)28(37)34-17-30(16-32)10-11-30/h1,13-14,18-19,21,25-26H,4-12,16-17H2,2H3,(H,34,37)(H,35,36)(H,38,39)/t18-,19+,21?,25+,26-,31?/m1/s1. The van der Waals surface area contributed by atoms with E-state index in [1.807, 2.05) is 0 Å². The number of fused-ring (bicyclic) bond motifs is 2. The molecule has 0 saturated heterocycles. The molecule has 0 radical (unpaired) electrons. The van der Waals surface area contributed by atoms with Crippen LogP contribution in [0.3, 0.4) is 0 Å². The third kappa shape index (κ3) is 5.45. The van der Waals surface area contributed by atoms with E-state index in [1.165, 1.54) is 19.2 Å². The van der Waals surface area contributed by atoms with E-state index in [-0.39, 0.29) is 71.3 Å². The topological polar surface area (TPSA) is 138 Å². The molecule has 41 heavy (non-hydrogen) atoms. The van der Waals surface area contributed by atoms with Crippen LogP contribution in [-0.4, -0.2) is 55.4 Å². The molecule has 9 nitrogen and oxygen atoms in total. The molecular weight excluding hydrogens is 529 g/mol. The molecule has 0 aliphatic heterocycles. The minimum atomic E-state index is -1.22. The molecule has 4 atom stereocenters. The Labute approximate surface area is 239 Å². The molecule has 3 N–H and O–H groups in total. The Bertz CT molecular complexity index is 1300. The fraction of sp³-hybridized carbons (Fsp3) is 0.613. The van der Waals surface area contributed by atoms with Crippen LogP contribution in [-0.2, 0) is 9.59 Å². The second kappa shape index (κ2) is 11.2. The summed E-state index contributed by atoms with van der Waals surface area (Å²) in [5.74, 6) is 1.17. The van der Waals surface area contributed by atoms with Gasteiger partial charge in [0.05, 0.1) is 36.9 Å². The first-order valence-electron chi connectivity index (χ1n) is 14.3. The Hall–Kier alpha value is -3.79. The van der Waals surface area contributed by atoms with E-state index in [9.17, 15) is 29.1 Å². The highest BCUT2D eigenvalue weighted by Crippen LogP contribution is 2.50. The van der Waals surface area contributed by atoms with Crippen molar-refractivity contribution in [3.63, 3.8) is 0 Å². The molecule has 1 aromatic rings. The molecule has 4 aliphatic rings. The Morgan fingerprint density at radius 3 is 2.41 bits per heavy atom. The lowest BCUT2D eigenvalue weighted by atomic mass is 9.74. The van der Waals surface area contributed by atoms with E-state index >= 15 is 0 Å². The van der Waals surface area contributed by atoms with Crippen molar-refractivity contribution in [2.24, 2.45) is 28.6 Å². The summed E-state index contributed by atoms with van der Waals surface area (Å²) in [4.78, 5) is 38.6. The maximum atomic E-state index is 13.6. The number of rotatable bonds is 10. The van der Waals surface area contributed by atoms with Gasteiger partial charge in [-0.25, -0.2) is 0 Å². The Morgan fingerprint density at radius 1 is 1.12 bits per heavy atom. The lowest BCUT2D eigenvalue weighted by molar-refractivity contribution is -0.147. The number of carbonyl (C=O) groups is 3. The van der Waals surface area contributed by atoms with Gasteiger partial charge in [0.2, 0.25) is 5.91 Å². The highest BCUT2D eigenvalue weighted by Gasteiger charge is 2.52. The first-order chi connectivity index (χ1) is 19.7. The zero-order valence-electron chi connectivity index (χ0n) is 23.2. The fourth-order valence-electron chi connectivity index (χ4n) is 6.92. The minimum Gasteiger partial charge on any atom is -0.496 e. The molecule has 0 aromatic heterocycles. The SMILES string of the molecule is C#CC1(C(=O)O)CCC(Oc2cc(C(=O)N[C@@H]3[C@H]4CC[C@H](C4)[C@@H]3C(=O)NCC3(CF)CC3)c(OC)cc2C#N)CC1. The van der Waals surface area contributed by atoms with E-state index in [0.29, 0.717) is 19.4 Å². The predicted octanol–water partition coefficient (Wildman–Crippen LogP) is 3.60. The summed E-state index contributed by atoms with van der Waals surface area (Å²) in [5, 5.41) is 25.4. The zero-order chi connectivity index (χ0) is 29.4. The molecule has 4 aliphatic carbocycles. The molecule has 2 amide bonds. The Morgan fingerprint density at radius 2 is 1.83 bits per heavy atom. The van der Waals surface area contributed by atoms with Gasteiger partial charge in [-0.15, -0.1) is 6.42 Å². The number of terminal acetylenes is 1. The number of amides is 2. The number of nitriles is 1. The van der Waals surface area contributed by atoms with Crippen molar-refractivity contribution in [1.29, 1.82) is 5.26 Å². The van der Waals surface area contributed by atoms with E-state index in [1.54, 1.807) is 0 Å². The monoisotopic (exact) mass is 565 g/mol. The molecular formula is C31H36FN3O6. The lowest BCUT2D eigenvalue weighted by Gasteiger charge is -2.33. The molecule has 4 fully saturated rings. The van der Waals surface area contributed by atoms with Crippen molar-refractivity contribution in [2.75, 3.05) is 20.3 Å². The van der Waals surface area contributed by atoms with Gasteiger partial charge in [-0.2, -0.15) is 5.26 Å². The fourth-order valence-corrected chi connectivity index (χ4v) is 6.92. The van der Waals surface area contributed by atoms with Crippen LogP contribution in [0.1, 0.15) is 73.7 Å². The van der Waals surface area contributed by atoms with Crippen molar-refractivity contribution < 1.29 is 33.4 Å². The van der Waals surface area contributed by atoms with Gasteiger partial charge in [-0.05, 0) is 75.7 Å². The summed E-state index contributed by atoms with van der Waals surface area (Å²) in [7, 11) is 1.41. The average Bonchev–Trinajstić information content (AvgIpc) is 3.49. The third-order valence-electron chi connectivity index (χ3n) is 9.83. The van der Waals surface area contributed by atoms with Crippen LogP contribution < -0.4 is 20.1 Å². The molecule has 0 spiro atoms. The number of alkyl halides is 1. The zero-order valence-corrected chi connectivity index (χ0v) is 23.2. The number of hydrogen-bond acceptors (Lipinski definition) is 6. The van der Waals surface area contributed by atoms with Crippen LogP contribution in [0.5, 0.6) is 11.5 Å². The van der Waals surface area contributed by atoms with Gasteiger partial charge in [0.1, 0.15) is 23.0 Å². The minimum absolute atomic E-state index is 0.139. The number of hydrogen-bond donors (Lipinski definition) is 3. The highest BCUT2D eigenvalue weighted by atomic mass is 19.1. The lowest BCUT2D eigenvalue weighted by Crippen LogP contribution is -2.50. The maximum absolute atomic E-state index is 13.6. The van der Waals surface area contributed by atoms with Gasteiger partial charge in [0.15, 0.2) is 0 Å². The van der Waals surface area contributed by atoms with Crippen molar-refractivity contribution in [1.82, 2.24) is 10.6 Å². The van der Waals surface area contributed by atoms with Crippen molar-refractivity contribution in [2.45, 2.75) is 69.9 Å². The summed E-state index contributed by atoms with van der Waals surface area (Å²) < 4.78 is 24.9. The van der Waals surface area contributed by atoms with E-state index in [0.717, 1.165) is 32.1 Å². The molecule has 0 unspecified atom stereocenters. The van der Waals surface area contributed by atoms with Gasteiger partial charge in [-0.1, -0.05) is 5.92 Å². The quantitative estimate of drug-likeness (QED) is 0.369. The van der Waals surface area contributed by atoms with Crippen LogP contribution in [0.15, 0.2) is 12.1 Å². The van der Waals surface area contributed by atoms with Crippen LogP contribution in [0.25, 0.3) is 0 Å². The number of aliphatic carboxylic acids is 1. The van der Waals surface area contributed by atoms with Crippen LogP contribution in [0, 0.1) is 52.3 Å². The van der Waals surface area contributed by atoms with Crippen LogP contribution in [0.2, 0.25) is 0 Å². The molecule has 4 saturated carbocycles. The molecule has 218 valence electrons. The largest absolute Gasteiger partial charge is 0.496 e. The smallest absolute Gasteiger partial charge is 0.321 e. The summed E-state index contributed by atoms with van der Waals surface area (Å²) in [6.45, 7) is -0.130. The average molecular weight is 566 g/mol. The summed E-state index contributed by atoms with van der Waals surface area (Å²) in [6, 6.07) is 4.65. The van der Waals surface area contributed by atoms with Gasteiger partial charge in [-0.3, -0.25) is 18.8 Å². The molecule has 10 heteroatoms. The predicted molar refractivity (Wildman–Crippen MR) is 146 cm³/mol. The number of carboxylic acid groups (broad SMARTS) is 1. The van der Waals surface area contributed by atoms with Gasteiger partial charge < -0.3 is 25.2 Å². The number of ether oxygens (including phenoxy) is 2. The number of methoxy groups -OCH3 is 1. The maximum Gasteiger partial charge on any atom is 0.321 e. The number of nitrogens with one attached hydrogen (secondary N) is 2. The second-order valence-corrected chi connectivity index (χ2v) is 12.2. The van der Waals surface area contributed by atoms with Gasteiger partial charge in [0, 0.05) is 24.1 Å². The molecule has 2 bridgehead atoms. The van der Waals surface area contributed by atoms with Gasteiger partial charge >= 0.3 is 5.97 Å². The number of carbonyl (C=O) groups excluding carboxylic acids is 2. The molecule has 5 rings (SSSR count). The second-order valence-electron chi connectivity index (χ2n) is 12.2. The number of benzene rings is 1. The summed E-state index contributed by atoms with van der Waals surface area (Å²) in [6.07, 6.45) is 10.7. The first kappa shape index (κ1) is 28.7. The Kier molecular flexibility index (Phi) is 7.87. The summed E-state index contributed by atoms with van der Waals surface area (Å²) in [5.41, 5.74) is -1.29. The molecule has 1 aromatic carbocycles. The first-order valence-corrected chi connectivity index (χ1v) is 14.3. The number of nitrogens with zero attached hydrogens (tertiary/aromatic N) is 1. The van der Waals surface area contributed by atoms with Crippen molar-refractivity contribution in [3.8, 4) is 29.9 Å². The van der Waals surface area contributed by atoms with Crippen LogP contribution in [0.4, 0.5) is 4.39 Å². The Balaban J connectivity index is 1.31. The number of halogens is 1. The van der Waals surface area contributed by atoms with E-state index < -0.39 is 29.4 Å². The third-order valence-corrected chi connectivity index (χ3v) is 9.83. The van der Waals surface area contributed by atoms with Gasteiger partial charge in [0.25, 0.3) is 5.91 Å². The van der Waals surface area contributed by atoms with Crippen molar-refractivity contribution in [3.05, 3.63) is 23.3 Å². The van der Waals surface area contributed by atoms with E-state index in [2.05, 4.69) is 22.6 Å². The van der Waals surface area contributed by atoms with Crippen LogP contribution >= 0.6 is 0 Å². The highest BCUT2D eigenvalue weighted by molar-refractivity contribution is 5.98. The van der Waals surface area contributed by atoms with E-state index in [4.69, 9.17) is 15.9 Å². The summed E-state index contributed by atoms with van der Waals surface area (Å²) >= 11 is 0. The molecule has 0 heterocycles. The van der Waals surface area contributed by atoms with Crippen molar-refractivity contribution >= 4 is 17.8 Å².